The highest BCUT2D eigenvalue weighted by Crippen LogP contribution is 2.25. The Balaban J connectivity index is 2.12. The minimum absolute atomic E-state index is 0.176. The molecular formula is C15H11NO4. The van der Waals surface area contributed by atoms with E-state index in [0.29, 0.717) is 11.5 Å². The molecule has 0 spiro atoms. The van der Waals surface area contributed by atoms with Gasteiger partial charge in [0.05, 0.1) is 0 Å². The molecule has 0 saturated carbocycles. The van der Waals surface area contributed by atoms with Crippen LogP contribution in [0.5, 0.6) is 11.5 Å². The molecule has 0 radical (unpaired) electrons. The first-order valence-corrected chi connectivity index (χ1v) is 5.82. The molecule has 0 aromatic heterocycles. The quantitative estimate of drug-likeness (QED) is 0.458. The van der Waals surface area contributed by atoms with Gasteiger partial charge >= 0.3 is 6.47 Å². The van der Waals surface area contributed by atoms with Gasteiger partial charge in [-0.15, -0.1) is 0 Å². The van der Waals surface area contributed by atoms with Gasteiger partial charge in [0.15, 0.2) is 5.75 Å². The van der Waals surface area contributed by atoms with E-state index in [1.54, 1.807) is 18.2 Å². The van der Waals surface area contributed by atoms with Crippen molar-refractivity contribution >= 4 is 6.47 Å². The fourth-order valence-electron chi connectivity index (χ4n) is 1.61. The van der Waals surface area contributed by atoms with E-state index in [4.69, 9.17) is 4.74 Å². The number of hydrogen-bond acceptors (Lipinski definition) is 5. The van der Waals surface area contributed by atoms with Crippen LogP contribution in [0.3, 0.4) is 0 Å². The molecule has 2 aromatic rings. The van der Waals surface area contributed by atoms with Crippen molar-refractivity contribution in [3.05, 3.63) is 60.2 Å². The third kappa shape index (κ3) is 3.50. The van der Waals surface area contributed by atoms with Crippen LogP contribution in [-0.2, 0) is 9.68 Å². The van der Waals surface area contributed by atoms with Crippen molar-refractivity contribution in [1.82, 2.24) is 0 Å². The van der Waals surface area contributed by atoms with E-state index in [2.05, 4.69) is 15.8 Å². The molecule has 1 atom stereocenters. The van der Waals surface area contributed by atoms with E-state index < -0.39 is 6.10 Å². The van der Waals surface area contributed by atoms with Crippen molar-refractivity contribution in [2.45, 2.75) is 6.10 Å². The van der Waals surface area contributed by atoms with Crippen LogP contribution < -0.4 is 9.62 Å². The van der Waals surface area contributed by atoms with Gasteiger partial charge in [0.25, 0.3) is 0 Å². The van der Waals surface area contributed by atoms with Crippen molar-refractivity contribution in [2.24, 2.45) is 0 Å². The number of hydrogen-bond donors (Lipinski definition) is 0. The summed E-state index contributed by atoms with van der Waals surface area (Å²) >= 11 is 0. The number of nitrogens with zero attached hydrogens (tertiary/aromatic N) is 1. The molecule has 0 saturated heterocycles. The first kappa shape index (κ1) is 13.4. The number of rotatable bonds is 6. The summed E-state index contributed by atoms with van der Waals surface area (Å²) in [7, 11) is 0. The maximum atomic E-state index is 10.1. The highest BCUT2D eigenvalue weighted by atomic mass is 17.2. The van der Waals surface area contributed by atoms with Crippen LogP contribution in [0.15, 0.2) is 54.6 Å². The van der Waals surface area contributed by atoms with Crippen LogP contribution in [0.25, 0.3) is 0 Å². The van der Waals surface area contributed by atoms with E-state index in [9.17, 15) is 10.1 Å². The molecule has 0 bridgehead atoms. The molecule has 0 heterocycles. The van der Waals surface area contributed by atoms with Crippen LogP contribution in [0.2, 0.25) is 0 Å². The lowest BCUT2D eigenvalue weighted by molar-refractivity contribution is -0.196. The van der Waals surface area contributed by atoms with E-state index in [-0.39, 0.29) is 6.47 Å². The van der Waals surface area contributed by atoms with Crippen molar-refractivity contribution in [1.29, 1.82) is 5.26 Å². The highest BCUT2D eigenvalue weighted by Gasteiger charge is 2.12. The van der Waals surface area contributed by atoms with Gasteiger partial charge in [-0.2, -0.15) is 5.26 Å². The minimum Gasteiger partial charge on any atom is -0.471 e. The van der Waals surface area contributed by atoms with Crippen LogP contribution in [0.1, 0.15) is 11.7 Å². The van der Waals surface area contributed by atoms with Gasteiger partial charge in [-0.25, -0.2) is 0 Å². The fraction of sp³-hybridized carbons (Fsp3) is 0.0667. The first-order chi connectivity index (χ1) is 9.83. The van der Waals surface area contributed by atoms with Crippen LogP contribution >= 0.6 is 0 Å². The second kappa shape index (κ2) is 6.81. The van der Waals surface area contributed by atoms with Gasteiger partial charge in [-0.05, 0) is 12.1 Å². The van der Waals surface area contributed by atoms with Crippen LogP contribution in [0, 0.1) is 11.3 Å². The van der Waals surface area contributed by atoms with Gasteiger partial charge in [0.2, 0.25) is 6.10 Å². The Bertz CT molecular complexity index is 607. The van der Waals surface area contributed by atoms with E-state index >= 15 is 0 Å². The number of ether oxygens (including phenoxy) is 1. The van der Waals surface area contributed by atoms with Gasteiger partial charge < -0.3 is 4.74 Å². The lowest BCUT2D eigenvalue weighted by atomic mass is 10.1. The molecule has 100 valence electrons. The Kier molecular flexibility index (Phi) is 4.57. The molecule has 2 aromatic carbocycles. The Morgan fingerprint density at radius 3 is 2.50 bits per heavy atom. The summed E-state index contributed by atoms with van der Waals surface area (Å²) in [6, 6.07) is 17.7. The zero-order valence-corrected chi connectivity index (χ0v) is 10.4. The second-order valence-corrected chi connectivity index (χ2v) is 3.79. The van der Waals surface area contributed by atoms with Crippen molar-refractivity contribution in [3.63, 3.8) is 0 Å². The number of nitriles is 1. The third-order valence-electron chi connectivity index (χ3n) is 2.46. The van der Waals surface area contributed by atoms with Crippen molar-refractivity contribution in [3.8, 4) is 17.6 Å². The molecule has 0 amide bonds. The number of carbonyl (C=O) groups excluding carboxylic acids is 1. The normalized spacial score (nSPS) is 10.9. The van der Waals surface area contributed by atoms with Gasteiger partial charge in [0, 0.05) is 11.6 Å². The summed E-state index contributed by atoms with van der Waals surface area (Å²) in [5.41, 5.74) is 0.755. The summed E-state index contributed by atoms with van der Waals surface area (Å²) < 4.78 is 5.59. The van der Waals surface area contributed by atoms with Crippen molar-refractivity contribution in [2.75, 3.05) is 0 Å². The average Bonchev–Trinajstić information content (AvgIpc) is 2.52. The molecule has 0 N–H and O–H groups in total. The first-order valence-electron chi connectivity index (χ1n) is 5.82. The SMILES string of the molecule is N#CC(Oc1cccc(OOC=O)c1)c1ccccc1. The molecule has 20 heavy (non-hydrogen) atoms. The molecule has 2 rings (SSSR count). The predicted molar refractivity (Wildman–Crippen MR) is 69.6 cm³/mol. The highest BCUT2D eigenvalue weighted by molar-refractivity contribution is 5.38. The van der Waals surface area contributed by atoms with Crippen LogP contribution in [0.4, 0.5) is 0 Å². The zero-order valence-electron chi connectivity index (χ0n) is 10.4. The summed E-state index contributed by atoms with van der Waals surface area (Å²) in [6.45, 7) is 0.176. The molecule has 0 aliphatic rings. The Morgan fingerprint density at radius 2 is 1.80 bits per heavy atom. The largest absolute Gasteiger partial charge is 0.471 e. The molecule has 5 heteroatoms. The summed E-state index contributed by atoms with van der Waals surface area (Å²) in [5.74, 6) is 0.742. The third-order valence-corrected chi connectivity index (χ3v) is 2.46. The van der Waals surface area contributed by atoms with E-state index in [0.717, 1.165) is 5.56 Å². The standard InChI is InChI=1S/C15H11NO4/c16-10-15(12-5-2-1-3-6-12)19-13-7-4-8-14(9-13)20-18-11-17/h1-9,11,15H. The molecule has 5 nitrogen and oxygen atoms in total. The molecule has 0 fully saturated rings. The lowest BCUT2D eigenvalue weighted by Gasteiger charge is -2.13. The van der Waals surface area contributed by atoms with Crippen molar-refractivity contribution < 1.29 is 19.3 Å². The molecule has 1 unspecified atom stereocenters. The predicted octanol–water partition coefficient (Wildman–Crippen LogP) is 2.80. The topological polar surface area (TPSA) is 68.6 Å². The molecular weight excluding hydrogens is 258 g/mol. The summed E-state index contributed by atoms with van der Waals surface area (Å²) in [4.78, 5) is 18.9. The maximum Gasteiger partial charge on any atom is 0.343 e. The molecule has 0 aliphatic carbocycles. The zero-order chi connectivity index (χ0) is 14.2. The van der Waals surface area contributed by atoms with E-state index in [1.807, 2.05) is 30.3 Å². The summed E-state index contributed by atoms with van der Waals surface area (Å²) in [6.07, 6.45) is -0.724. The summed E-state index contributed by atoms with van der Waals surface area (Å²) in [5, 5.41) is 9.17. The van der Waals surface area contributed by atoms with Gasteiger partial charge in [-0.1, -0.05) is 36.4 Å². The second-order valence-electron chi connectivity index (χ2n) is 3.79. The average molecular weight is 269 g/mol. The minimum atomic E-state index is -0.724. The fourth-order valence-corrected chi connectivity index (χ4v) is 1.61. The molecule has 0 aliphatic heterocycles. The maximum absolute atomic E-state index is 10.1. The van der Waals surface area contributed by atoms with E-state index in [1.165, 1.54) is 6.07 Å². The monoisotopic (exact) mass is 269 g/mol. The smallest absolute Gasteiger partial charge is 0.343 e. The Labute approximate surface area is 115 Å². The Morgan fingerprint density at radius 1 is 1.05 bits per heavy atom. The number of carbonyl (C=O) groups is 1. The number of benzene rings is 2. The van der Waals surface area contributed by atoms with Gasteiger partial charge in [0.1, 0.15) is 11.8 Å². The van der Waals surface area contributed by atoms with Gasteiger partial charge in [-0.3, -0.25) is 14.6 Å². The van der Waals surface area contributed by atoms with Crippen LogP contribution in [-0.4, -0.2) is 6.47 Å². The Hall–Kier alpha value is -3.00. The lowest BCUT2D eigenvalue weighted by Crippen LogP contribution is -2.05.